The van der Waals surface area contributed by atoms with Gasteiger partial charge in [0.1, 0.15) is 11.7 Å². The number of benzene rings is 1. The number of hydrogen-bond acceptors (Lipinski definition) is 4. The second-order valence-electron chi connectivity index (χ2n) is 8.14. The molecule has 2 aromatic heterocycles. The van der Waals surface area contributed by atoms with Gasteiger partial charge in [-0.25, -0.2) is 13.8 Å². The van der Waals surface area contributed by atoms with Crippen molar-refractivity contribution in [2.75, 3.05) is 7.05 Å². The number of likely N-dealkylation sites (N-methyl/N-ethyl adjacent to an activating group) is 1. The van der Waals surface area contributed by atoms with Crippen molar-refractivity contribution in [1.82, 2.24) is 25.9 Å². The van der Waals surface area contributed by atoms with Crippen LogP contribution >= 0.6 is 0 Å². The van der Waals surface area contributed by atoms with E-state index in [9.17, 15) is 18.4 Å². The number of nitrogens with zero attached hydrogens (tertiary/aromatic N) is 1. The number of fused-ring (bicyclic) bond motifs is 1. The molecule has 2 amide bonds. The third kappa shape index (κ3) is 6.13. The van der Waals surface area contributed by atoms with Crippen molar-refractivity contribution in [2.24, 2.45) is 5.92 Å². The molecular formula is C24H29F2N5O2. The maximum Gasteiger partial charge on any atom is 0.243 e. The highest BCUT2D eigenvalue weighted by Crippen LogP contribution is 2.14. The third-order valence-electron chi connectivity index (χ3n) is 5.79. The average Bonchev–Trinajstić information content (AvgIpc) is 3.27. The first kappa shape index (κ1) is 24.3. The minimum absolute atomic E-state index is 0.0147. The van der Waals surface area contributed by atoms with Crippen molar-refractivity contribution in [1.29, 1.82) is 0 Å². The Morgan fingerprint density at radius 1 is 1.09 bits per heavy atom. The van der Waals surface area contributed by atoms with E-state index in [4.69, 9.17) is 0 Å². The standard InChI is InChI=1S/C24H29F2N5O2/c1-4-14(2)21(27-3)24(33)31-20(11-15-5-6-18(25)19(26)10-15)23(32)30-13-16-9-17-7-8-28-22(17)29-12-16/h5-10,12,14,20-21,27H,4,11,13H2,1-3H3,(H,28,29)(H,30,32)(H,31,33). The van der Waals surface area contributed by atoms with E-state index in [1.807, 2.05) is 26.0 Å². The largest absolute Gasteiger partial charge is 0.350 e. The number of carbonyl (C=O) groups is 2. The van der Waals surface area contributed by atoms with Gasteiger partial charge in [0, 0.05) is 30.7 Å². The van der Waals surface area contributed by atoms with Gasteiger partial charge in [-0.2, -0.15) is 0 Å². The van der Waals surface area contributed by atoms with Crippen LogP contribution in [0.1, 0.15) is 31.4 Å². The molecule has 1 aromatic carbocycles. The van der Waals surface area contributed by atoms with Crippen molar-refractivity contribution in [2.45, 2.75) is 45.3 Å². The van der Waals surface area contributed by atoms with Gasteiger partial charge >= 0.3 is 0 Å². The molecule has 0 saturated carbocycles. The zero-order chi connectivity index (χ0) is 24.0. The number of H-pyrrole nitrogens is 1. The van der Waals surface area contributed by atoms with Gasteiger partial charge in [0.15, 0.2) is 11.6 Å². The molecule has 0 aliphatic heterocycles. The molecule has 0 fully saturated rings. The van der Waals surface area contributed by atoms with Crippen LogP contribution in [0.2, 0.25) is 0 Å². The summed E-state index contributed by atoms with van der Waals surface area (Å²) in [6.45, 7) is 4.12. The number of aromatic nitrogens is 2. The molecule has 0 bridgehead atoms. The van der Waals surface area contributed by atoms with Crippen molar-refractivity contribution in [3.8, 4) is 0 Å². The molecule has 33 heavy (non-hydrogen) atoms. The number of halogens is 2. The zero-order valence-corrected chi connectivity index (χ0v) is 18.9. The van der Waals surface area contributed by atoms with Gasteiger partial charge in [-0.15, -0.1) is 0 Å². The summed E-state index contributed by atoms with van der Waals surface area (Å²) < 4.78 is 27.1. The van der Waals surface area contributed by atoms with E-state index < -0.39 is 29.6 Å². The Bertz CT molecular complexity index is 1120. The van der Waals surface area contributed by atoms with Gasteiger partial charge in [-0.05, 0) is 48.4 Å². The summed E-state index contributed by atoms with van der Waals surface area (Å²) in [5.41, 5.74) is 1.94. The molecule has 176 valence electrons. The van der Waals surface area contributed by atoms with Gasteiger partial charge in [-0.1, -0.05) is 26.3 Å². The first-order chi connectivity index (χ1) is 15.8. The van der Waals surface area contributed by atoms with Crippen LogP contribution in [0.4, 0.5) is 8.78 Å². The van der Waals surface area contributed by atoms with Gasteiger partial charge < -0.3 is 20.9 Å². The predicted octanol–water partition coefficient (Wildman–Crippen LogP) is 2.82. The lowest BCUT2D eigenvalue weighted by Crippen LogP contribution is -2.54. The number of rotatable bonds is 10. The van der Waals surface area contributed by atoms with Gasteiger partial charge in [0.2, 0.25) is 11.8 Å². The fourth-order valence-electron chi connectivity index (χ4n) is 3.68. The van der Waals surface area contributed by atoms with E-state index in [1.54, 1.807) is 19.4 Å². The molecule has 3 aromatic rings. The average molecular weight is 458 g/mol. The quantitative estimate of drug-likeness (QED) is 0.376. The van der Waals surface area contributed by atoms with Crippen molar-refractivity contribution < 1.29 is 18.4 Å². The molecule has 7 nitrogen and oxygen atoms in total. The third-order valence-corrected chi connectivity index (χ3v) is 5.79. The summed E-state index contributed by atoms with van der Waals surface area (Å²) in [4.78, 5) is 33.2. The monoisotopic (exact) mass is 457 g/mol. The Kier molecular flexibility index (Phi) is 8.11. The molecule has 9 heteroatoms. The van der Waals surface area contributed by atoms with Gasteiger partial charge in [0.05, 0.1) is 6.04 Å². The van der Waals surface area contributed by atoms with Crippen LogP contribution in [-0.4, -0.2) is 40.9 Å². The summed E-state index contributed by atoms with van der Waals surface area (Å²) in [7, 11) is 1.69. The summed E-state index contributed by atoms with van der Waals surface area (Å²) in [6.07, 6.45) is 4.22. The van der Waals surface area contributed by atoms with Crippen LogP contribution < -0.4 is 16.0 Å². The van der Waals surface area contributed by atoms with Crippen LogP contribution in [0.5, 0.6) is 0 Å². The predicted molar refractivity (Wildman–Crippen MR) is 122 cm³/mol. The van der Waals surface area contributed by atoms with Crippen molar-refractivity contribution in [3.63, 3.8) is 0 Å². The minimum atomic E-state index is -1.00. The number of carbonyl (C=O) groups excluding carboxylic acids is 2. The molecular weight excluding hydrogens is 428 g/mol. The molecule has 0 spiro atoms. The van der Waals surface area contributed by atoms with E-state index in [0.717, 1.165) is 35.2 Å². The summed E-state index contributed by atoms with van der Waals surface area (Å²) in [5, 5.41) is 9.49. The maximum atomic E-state index is 13.7. The fraction of sp³-hybridized carbons (Fsp3) is 0.375. The molecule has 0 aliphatic carbocycles. The van der Waals surface area contributed by atoms with Crippen LogP contribution in [-0.2, 0) is 22.6 Å². The van der Waals surface area contributed by atoms with Gasteiger partial charge in [0.25, 0.3) is 0 Å². The molecule has 3 rings (SSSR count). The summed E-state index contributed by atoms with van der Waals surface area (Å²) >= 11 is 0. The van der Waals surface area contributed by atoms with E-state index in [0.29, 0.717) is 5.56 Å². The molecule has 0 aliphatic rings. The highest BCUT2D eigenvalue weighted by molar-refractivity contribution is 5.90. The molecule has 4 N–H and O–H groups in total. The van der Waals surface area contributed by atoms with E-state index >= 15 is 0 Å². The van der Waals surface area contributed by atoms with Gasteiger partial charge in [-0.3, -0.25) is 9.59 Å². The maximum absolute atomic E-state index is 13.7. The van der Waals surface area contributed by atoms with Crippen LogP contribution in [0.15, 0.2) is 42.7 Å². The molecule has 2 heterocycles. The van der Waals surface area contributed by atoms with E-state index in [2.05, 4.69) is 25.9 Å². The van der Waals surface area contributed by atoms with Crippen molar-refractivity contribution >= 4 is 22.8 Å². The van der Waals surface area contributed by atoms with E-state index in [-0.39, 0.29) is 24.8 Å². The highest BCUT2D eigenvalue weighted by Gasteiger charge is 2.28. The lowest BCUT2D eigenvalue weighted by molar-refractivity contribution is -0.130. The lowest BCUT2D eigenvalue weighted by Gasteiger charge is -2.25. The van der Waals surface area contributed by atoms with Crippen molar-refractivity contribution in [3.05, 3.63) is 65.5 Å². The number of nitrogens with one attached hydrogen (secondary N) is 4. The Labute approximate surface area is 191 Å². The van der Waals surface area contributed by atoms with Crippen LogP contribution in [0.25, 0.3) is 11.0 Å². The molecule has 3 unspecified atom stereocenters. The second-order valence-corrected chi connectivity index (χ2v) is 8.14. The SMILES string of the molecule is CCC(C)C(NC)C(=O)NC(Cc1ccc(F)c(F)c1)C(=O)NCc1cnc2[nH]ccc2c1. The zero-order valence-electron chi connectivity index (χ0n) is 18.9. The highest BCUT2D eigenvalue weighted by atomic mass is 19.2. The smallest absolute Gasteiger partial charge is 0.243 e. The van der Waals surface area contributed by atoms with E-state index in [1.165, 1.54) is 6.07 Å². The molecule has 0 saturated heterocycles. The Hall–Kier alpha value is -3.33. The Morgan fingerprint density at radius 2 is 1.88 bits per heavy atom. The first-order valence-electron chi connectivity index (χ1n) is 10.9. The van der Waals surface area contributed by atoms with Crippen LogP contribution in [0.3, 0.4) is 0 Å². The summed E-state index contributed by atoms with van der Waals surface area (Å²) in [5.74, 6) is -2.69. The second kappa shape index (κ2) is 11.0. The topological polar surface area (TPSA) is 98.9 Å². The first-order valence-corrected chi connectivity index (χ1v) is 10.9. The van der Waals surface area contributed by atoms with Crippen LogP contribution in [0, 0.1) is 17.6 Å². The summed E-state index contributed by atoms with van der Waals surface area (Å²) in [6, 6.07) is 5.78. The number of hydrogen-bond donors (Lipinski definition) is 4. The Morgan fingerprint density at radius 3 is 2.58 bits per heavy atom. The molecule has 0 radical (unpaired) electrons. The molecule has 3 atom stereocenters. The number of amides is 2. The number of pyridine rings is 1. The fourth-order valence-corrected chi connectivity index (χ4v) is 3.68. The Balaban J connectivity index is 1.75. The number of aromatic amines is 1. The minimum Gasteiger partial charge on any atom is -0.350 e. The normalized spacial score (nSPS) is 14.0. The lowest BCUT2D eigenvalue weighted by atomic mass is 9.97.